The highest BCUT2D eigenvalue weighted by Gasteiger charge is 2.18. The molecule has 8 nitrogen and oxygen atoms in total. The van der Waals surface area contributed by atoms with Gasteiger partial charge in [-0.2, -0.15) is 0 Å². The molecule has 0 unspecified atom stereocenters. The number of halogens is 1. The number of carbonyl (C=O) groups excluding carboxylic acids is 2. The highest BCUT2D eigenvalue weighted by molar-refractivity contribution is 7.99. The van der Waals surface area contributed by atoms with Gasteiger partial charge in [0, 0.05) is 7.05 Å². The summed E-state index contributed by atoms with van der Waals surface area (Å²) in [7, 11) is 3.40. The van der Waals surface area contributed by atoms with Crippen molar-refractivity contribution in [3.63, 3.8) is 0 Å². The molecule has 2 amide bonds. The summed E-state index contributed by atoms with van der Waals surface area (Å²) in [6.07, 6.45) is 0.246. The second-order valence-electron chi connectivity index (χ2n) is 7.03. The maximum atomic E-state index is 12.4. The Hall–Kier alpha value is -3.04. The van der Waals surface area contributed by atoms with Crippen molar-refractivity contribution in [1.29, 1.82) is 0 Å². The zero-order chi connectivity index (χ0) is 23.1. The Labute approximate surface area is 195 Å². The molecule has 0 saturated carbocycles. The molecule has 0 bridgehead atoms. The van der Waals surface area contributed by atoms with Crippen molar-refractivity contribution in [1.82, 2.24) is 20.1 Å². The van der Waals surface area contributed by atoms with Gasteiger partial charge in [-0.05, 0) is 36.8 Å². The fourth-order valence-electron chi connectivity index (χ4n) is 2.99. The van der Waals surface area contributed by atoms with Crippen LogP contribution in [0.1, 0.15) is 24.4 Å². The van der Waals surface area contributed by atoms with Gasteiger partial charge in [-0.1, -0.05) is 47.6 Å². The van der Waals surface area contributed by atoms with Gasteiger partial charge in [-0.25, -0.2) is 0 Å². The number of hydrogen-bond acceptors (Lipinski definition) is 6. The van der Waals surface area contributed by atoms with Gasteiger partial charge in [0.1, 0.15) is 5.75 Å². The van der Waals surface area contributed by atoms with Crippen LogP contribution in [0.25, 0.3) is 0 Å². The Balaban J connectivity index is 1.53. The van der Waals surface area contributed by atoms with Crippen LogP contribution in [-0.4, -0.2) is 39.4 Å². The minimum atomic E-state index is -0.343. The molecule has 32 heavy (non-hydrogen) atoms. The van der Waals surface area contributed by atoms with E-state index in [2.05, 4.69) is 20.8 Å². The van der Waals surface area contributed by atoms with E-state index in [-0.39, 0.29) is 30.0 Å². The summed E-state index contributed by atoms with van der Waals surface area (Å²) in [6, 6.07) is 14.1. The van der Waals surface area contributed by atoms with Crippen LogP contribution in [0, 0.1) is 0 Å². The van der Waals surface area contributed by atoms with Crippen molar-refractivity contribution >= 4 is 40.9 Å². The van der Waals surface area contributed by atoms with Gasteiger partial charge >= 0.3 is 0 Å². The molecular weight excluding hydrogens is 450 g/mol. The normalized spacial score (nSPS) is 11.6. The van der Waals surface area contributed by atoms with Crippen LogP contribution in [0.5, 0.6) is 5.75 Å². The lowest BCUT2D eigenvalue weighted by atomic mass is 10.1. The number of anilines is 1. The first-order valence-electron chi connectivity index (χ1n) is 9.86. The maximum Gasteiger partial charge on any atom is 0.234 e. The Morgan fingerprint density at radius 2 is 1.84 bits per heavy atom. The molecule has 0 fully saturated rings. The van der Waals surface area contributed by atoms with Crippen LogP contribution in [-0.2, 0) is 23.1 Å². The van der Waals surface area contributed by atoms with E-state index in [0.29, 0.717) is 21.7 Å². The third-order valence-corrected chi connectivity index (χ3v) is 5.99. The molecule has 0 aliphatic heterocycles. The van der Waals surface area contributed by atoms with E-state index >= 15 is 0 Å². The van der Waals surface area contributed by atoms with Crippen LogP contribution in [0.3, 0.4) is 0 Å². The van der Waals surface area contributed by atoms with Crippen molar-refractivity contribution in [3.8, 4) is 5.75 Å². The number of ether oxygens (including phenoxy) is 1. The van der Waals surface area contributed by atoms with E-state index < -0.39 is 0 Å². The number of nitrogens with one attached hydrogen (secondary N) is 2. The first-order chi connectivity index (χ1) is 15.4. The predicted molar refractivity (Wildman–Crippen MR) is 125 cm³/mol. The number of para-hydroxylation sites is 1. The van der Waals surface area contributed by atoms with Gasteiger partial charge in [-0.15, -0.1) is 10.2 Å². The van der Waals surface area contributed by atoms with Crippen molar-refractivity contribution in [2.24, 2.45) is 7.05 Å². The van der Waals surface area contributed by atoms with E-state index in [9.17, 15) is 9.59 Å². The van der Waals surface area contributed by atoms with Gasteiger partial charge in [0.2, 0.25) is 11.8 Å². The van der Waals surface area contributed by atoms with Crippen LogP contribution in [0.4, 0.5) is 5.69 Å². The van der Waals surface area contributed by atoms with Gasteiger partial charge in [-0.3, -0.25) is 9.59 Å². The third-order valence-electron chi connectivity index (χ3n) is 4.64. The molecule has 0 aliphatic rings. The van der Waals surface area contributed by atoms with Gasteiger partial charge in [0.25, 0.3) is 0 Å². The SMILES string of the molecule is COc1ccc(CC(=O)N[C@@H](C)c2nnc(SCC(=O)Nc3ccccc3Cl)n2C)cc1. The average Bonchev–Trinajstić information content (AvgIpc) is 3.15. The number of rotatable bonds is 9. The Morgan fingerprint density at radius 3 is 2.53 bits per heavy atom. The monoisotopic (exact) mass is 473 g/mol. The number of nitrogens with zero attached hydrogens (tertiary/aromatic N) is 3. The number of hydrogen-bond donors (Lipinski definition) is 2. The summed E-state index contributed by atoms with van der Waals surface area (Å²) in [5, 5.41) is 15.1. The zero-order valence-corrected chi connectivity index (χ0v) is 19.5. The minimum Gasteiger partial charge on any atom is -0.497 e. The van der Waals surface area contributed by atoms with Gasteiger partial charge in [0.05, 0.1) is 36.0 Å². The molecule has 3 aromatic rings. The largest absolute Gasteiger partial charge is 0.497 e. The molecule has 1 aromatic heterocycles. The number of carbonyl (C=O) groups is 2. The van der Waals surface area contributed by atoms with Gasteiger partial charge in [0.15, 0.2) is 11.0 Å². The first-order valence-corrected chi connectivity index (χ1v) is 11.2. The molecule has 1 atom stereocenters. The van der Waals surface area contributed by atoms with Crippen molar-refractivity contribution < 1.29 is 14.3 Å². The molecular formula is C22H24ClN5O3S. The summed E-state index contributed by atoms with van der Waals surface area (Å²) < 4.78 is 6.90. The predicted octanol–water partition coefficient (Wildman–Crippen LogP) is 3.63. The fourth-order valence-corrected chi connectivity index (χ4v) is 3.89. The first kappa shape index (κ1) is 23.6. The number of thioether (sulfide) groups is 1. The smallest absolute Gasteiger partial charge is 0.234 e. The Bertz CT molecular complexity index is 1090. The average molecular weight is 474 g/mol. The Morgan fingerprint density at radius 1 is 1.12 bits per heavy atom. The zero-order valence-electron chi connectivity index (χ0n) is 18.0. The molecule has 168 valence electrons. The molecule has 0 aliphatic carbocycles. The molecule has 2 aromatic carbocycles. The number of methoxy groups -OCH3 is 1. The molecule has 2 N–H and O–H groups in total. The standard InChI is InChI=1S/C22H24ClN5O3S/c1-14(24-19(29)12-15-8-10-16(31-3)11-9-15)21-26-27-22(28(21)2)32-13-20(30)25-18-7-5-4-6-17(18)23/h4-11,14H,12-13H2,1-3H3,(H,24,29)(H,25,30)/t14-/m0/s1. The summed E-state index contributed by atoms with van der Waals surface area (Å²) in [6.45, 7) is 1.84. The highest BCUT2D eigenvalue weighted by atomic mass is 35.5. The van der Waals surface area contributed by atoms with Crippen LogP contribution < -0.4 is 15.4 Å². The lowest BCUT2D eigenvalue weighted by Crippen LogP contribution is -2.29. The third kappa shape index (κ3) is 6.24. The summed E-state index contributed by atoms with van der Waals surface area (Å²) in [5.41, 5.74) is 1.45. The van der Waals surface area contributed by atoms with E-state index in [1.54, 1.807) is 43.0 Å². The maximum absolute atomic E-state index is 12.4. The van der Waals surface area contributed by atoms with E-state index in [0.717, 1.165) is 11.3 Å². The summed E-state index contributed by atoms with van der Waals surface area (Å²) >= 11 is 7.32. The van der Waals surface area contributed by atoms with E-state index in [4.69, 9.17) is 16.3 Å². The lowest BCUT2D eigenvalue weighted by Gasteiger charge is -2.14. The molecule has 0 radical (unpaired) electrons. The lowest BCUT2D eigenvalue weighted by molar-refractivity contribution is -0.121. The fraction of sp³-hybridized carbons (Fsp3) is 0.273. The van der Waals surface area contributed by atoms with Crippen LogP contribution in [0.2, 0.25) is 5.02 Å². The van der Waals surface area contributed by atoms with Crippen LogP contribution in [0.15, 0.2) is 53.7 Å². The highest BCUT2D eigenvalue weighted by Crippen LogP contribution is 2.22. The topological polar surface area (TPSA) is 98.1 Å². The molecule has 0 spiro atoms. The second-order valence-corrected chi connectivity index (χ2v) is 8.38. The number of aromatic nitrogens is 3. The van der Waals surface area contributed by atoms with Crippen molar-refractivity contribution in [3.05, 3.63) is 64.9 Å². The molecule has 10 heteroatoms. The quantitative estimate of drug-likeness (QED) is 0.460. The molecule has 3 rings (SSSR count). The van der Waals surface area contributed by atoms with E-state index in [1.807, 2.05) is 31.2 Å². The number of amides is 2. The van der Waals surface area contributed by atoms with Crippen LogP contribution >= 0.6 is 23.4 Å². The van der Waals surface area contributed by atoms with Crippen molar-refractivity contribution in [2.75, 3.05) is 18.2 Å². The number of benzene rings is 2. The minimum absolute atomic E-state index is 0.126. The van der Waals surface area contributed by atoms with E-state index in [1.165, 1.54) is 11.8 Å². The Kier molecular flexibility index (Phi) is 8.13. The summed E-state index contributed by atoms with van der Waals surface area (Å²) in [5.74, 6) is 1.16. The van der Waals surface area contributed by atoms with Crippen molar-refractivity contribution in [2.45, 2.75) is 24.5 Å². The second kappa shape index (κ2) is 11.0. The molecule has 1 heterocycles. The summed E-state index contributed by atoms with van der Waals surface area (Å²) in [4.78, 5) is 24.7. The van der Waals surface area contributed by atoms with Gasteiger partial charge < -0.3 is 19.9 Å². The molecule has 0 saturated heterocycles.